The van der Waals surface area contributed by atoms with Gasteiger partial charge in [0.25, 0.3) is 0 Å². The summed E-state index contributed by atoms with van der Waals surface area (Å²) in [5, 5.41) is 43.1. The molecule has 0 bridgehead atoms. The molecule has 9 heteroatoms. The van der Waals surface area contributed by atoms with Gasteiger partial charge in [-0.1, -0.05) is 0 Å². The molecule has 2 aromatic heterocycles. The van der Waals surface area contributed by atoms with Crippen molar-refractivity contribution in [2.45, 2.75) is 37.6 Å². The summed E-state index contributed by atoms with van der Waals surface area (Å²) in [6, 6.07) is 7.28. The van der Waals surface area contributed by atoms with E-state index in [1.807, 2.05) is 0 Å². The SMILES string of the molecule is Cc1c(-c2ccco2)c(=O)oc2cc(NC3C(O)OC(CO)[C@H](O)[C@H]3O)ccc12. The molecule has 0 spiro atoms. The van der Waals surface area contributed by atoms with Gasteiger partial charge in [0.2, 0.25) is 0 Å². The average Bonchev–Trinajstić information content (AvgIpc) is 3.22. The van der Waals surface area contributed by atoms with Crippen LogP contribution in [0.1, 0.15) is 5.56 Å². The highest BCUT2D eigenvalue weighted by molar-refractivity contribution is 5.87. The van der Waals surface area contributed by atoms with Crippen LogP contribution in [0.4, 0.5) is 5.69 Å². The highest BCUT2D eigenvalue weighted by Crippen LogP contribution is 2.30. The molecule has 3 aromatic rings. The number of hydrogen-bond acceptors (Lipinski definition) is 9. The van der Waals surface area contributed by atoms with Crippen LogP contribution in [0.3, 0.4) is 0 Å². The fraction of sp³-hybridized carbons (Fsp3) is 0.350. The van der Waals surface area contributed by atoms with Crippen LogP contribution in [0.25, 0.3) is 22.3 Å². The maximum atomic E-state index is 12.5. The summed E-state index contributed by atoms with van der Waals surface area (Å²) in [6.45, 7) is 1.25. The number of aliphatic hydroxyl groups excluding tert-OH is 4. The van der Waals surface area contributed by atoms with Gasteiger partial charge in [-0.25, -0.2) is 4.79 Å². The first-order valence-electron chi connectivity index (χ1n) is 9.09. The number of rotatable bonds is 4. The van der Waals surface area contributed by atoms with E-state index in [0.29, 0.717) is 33.5 Å². The summed E-state index contributed by atoms with van der Waals surface area (Å²) >= 11 is 0. The monoisotopic (exact) mass is 403 g/mol. The van der Waals surface area contributed by atoms with Crippen LogP contribution in [0.15, 0.2) is 50.2 Å². The van der Waals surface area contributed by atoms with Crippen molar-refractivity contribution in [2.24, 2.45) is 0 Å². The lowest BCUT2D eigenvalue weighted by atomic mass is 9.96. The molecular weight excluding hydrogens is 382 g/mol. The number of ether oxygens (including phenoxy) is 1. The second-order valence-electron chi connectivity index (χ2n) is 6.98. The van der Waals surface area contributed by atoms with Crippen molar-refractivity contribution in [3.8, 4) is 11.3 Å². The van der Waals surface area contributed by atoms with Crippen molar-refractivity contribution in [3.63, 3.8) is 0 Å². The first-order valence-corrected chi connectivity index (χ1v) is 9.09. The normalized spacial score (nSPS) is 27.3. The smallest absolute Gasteiger partial charge is 0.347 e. The fourth-order valence-electron chi connectivity index (χ4n) is 3.60. The lowest BCUT2D eigenvalue weighted by Crippen LogP contribution is -2.61. The van der Waals surface area contributed by atoms with Crippen LogP contribution in [0.5, 0.6) is 0 Å². The van der Waals surface area contributed by atoms with Gasteiger partial charge in [-0.15, -0.1) is 0 Å². The highest BCUT2D eigenvalue weighted by Gasteiger charge is 2.43. The molecular formula is C20H21NO8. The Balaban J connectivity index is 1.66. The van der Waals surface area contributed by atoms with Crippen LogP contribution in [-0.4, -0.2) is 57.7 Å². The van der Waals surface area contributed by atoms with Gasteiger partial charge in [0.15, 0.2) is 6.29 Å². The number of fused-ring (bicyclic) bond motifs is 1. The third kappa shape index (κ3) is 3.43. The van der Waals surface area contributed by atoms with Gasteiger partial charge in [0.1, 0.15) is 41.3 Å². The standard InChI is InChI=1S/C20H21NO8/c1-9-11-5-4-10(21-16-18(24)17(23)14(8-22)29-20(16)26)7-13(11)28-19(25)15(9)12-3-2-6-27-12/h2-7,14,16-18,20-24,26H,8H2,1H3/t14?,16?,17-,18-,20?/m0/s1. The Labute approximate surface area is 164 Å². The first kappa shape index (κ1) is 19.6. The van der Waals surface area contributed by atoms with Crippen molar-refractivity contribution >= 4 is 16.7 Å². The van der Waals surface area contributed by atoms with Crippen molar-refractivity contribution in [2.75, 3.05) is 11.9 Å². The number of anilines is 1. The summed E-state index contributed by atoms with van der Waals surface area (Å²) in [5.41, 5.74) is 1.23. The Bertz CT molecular complexity index is 1060. The van der Waals surface area contributed by atoms with E-state index in [1.165, 1.54) is 6.26 Å². The molecule has 4 rings (SSSR count). The van der Waals surface area contributed by atoms with Crippen molar-refractivity contribution < 1.29 is 34.0 Å². The van der Waals surface area contributed by atoms with Gasteiger partial charge >= 0.3 is 5.63 Å². The third-order valence-corrected chi connectivity index (χ3v) is 5.17. The summed E-state index contributed by atoms with van der Waals surface area (Å²) in [4.78, 5) is 12.5. The molecule has 3 heterocycles. The molecule has 29 heavy (non-hydrogen) atoms. The van der Waals surface area contributed by atoms with Crippen molar-refractivity contribution in [3.05, 3.63) is 52.6 Å². The van der Waals surface area contributed by atoms with Gasteiger partial charge in [0, 0.05) is 17.1 Å². The molecule has 5 N–H and O–H groups in total. The van der Waals surface area contributed by atoms with Crippen LogP contribution >= 0.6 is 0 Å². The van der Waals surface area contributed by atoms with E-state index in [1.54, 1.807) is 37.3 Å². The van der Waals surface area contributed by atoms with E-state index in [-0.39, 0.29) is 0 Å². The van der Waals surface area contributed by atoms with E-state index in [9.17, 15) is 20.1 Å². The Morgan fingerprint density at radius 1 is 1.14 bits per heavy atom. The van der Waals surface area contributed by atoms with Crippen LogP contribution in [-0.2, 0) is 4.74 Å². The molecule has 5 atom stereocenters. The van der Waals surface area contributed by atoms with Gasteiger partial charge in [-0.05, 0) is 36.8 Å². The number of benzene rings is 1. The molecule has 1 aromatic carbocycles. The van der Waals surface area contributed by atoms with Gasteiger partial charge < -0.3 is 39.3 Å². The van der Waals surface area contributed by atoms with E-state index in [4.69, 9.17) is 18.7 Å². The molecule has 154 valence electrons. The number of aliphatic hydroxyl groups is 4. The maximum Gasteiger partial charge on any atom is 0.347 e. The second-order valence-corrected chi connectivity index (χ2v) is 6.98. The van der Waals surface area contributed by atoms with Crippen molar-refractivity contribution in [1.82, 2.24) is 0 Å². The minimum Gasteiger partial charge on any atom is -0.464 e. The van der Waals surface area contributed by atoms with E-state index < -0.39 is 42.9 Å². The molecule has 0 radical (unpaired) electrons. The summed E-state index contributed by atoms with van der Waals surface area (Å²) < 4.78 is 15.9. The zero-order valence-corrected chi connectivity index (χ0v) is 15.5. The number of furan rings is 1. The average molecular weight is 403 g/mol. The zero-order valence-electron chi connectivity index (χ0n) is 15.5. The lowest BCUT2D eigenvalue weighted by molar-refractivity contribution is -0.245. The highest BCUT2D eigenvalue weighted by atomic mass is 16.6. The predicted octanol–water partition coefficient (Wildman–Crippen LogP) is 0.573. The Hall–Kier alpha value is -2.69. The number of aryl methyl sites for hydroxylation is 1. The second kappa shape index (κ2) is 7.62. The molecule has 0 amide bonds. The van der Waals surface area contributed by atoms with E-state index in [0.717, 1.165) is 0 Å². The van der Waals surface area contributed by atoms with Crippen LogP contribution in [0, 0.1) is 6.92 Å². The third-order valence-electron chi connectivity index (χ3n) is 5.17. The molecule has 0 saturated carbocycles. The van der Waals surface area contributed by atoms with Gasteiger partial charge in [-0.2, -0.15) is 0 Å². The zero-order chi connectivity index (χ0) is 20.7. The van der Waals surface area contributed by atoms with Gasteiger partial charge in [0.05, 0.1) is 12.9 Å². The van der Waals surface area contributed by atoms with E-state index >= 15 is 0 Å². The Morgan fingerprint density at radius 2 is 1.93 bits per heavy atom. The van der Waals surface area contributed by atoms with Gasteiger partial charge in [-0.3, -0.25) is 0 Å². The molecule has 1 aliphatic rings. The number of nitrogens with one attached hydrogen (secondary N) is 1. The van der Waals surface area contributed by atoms with Crippen molar-refractivity contribution in [1.29, 1.82) is 0 Å². The molecule has 1 fully saturated rings. The summed E-state index contributed by atoms with van der Waals surface area (Å²) in [5.74, 6) is 0.415. The van der Waals surface area contributed by atoms with Crippen LogP contribution < -0.4 is 10.9 Å². The van der Waals surface area contributed by atoms with Crippen LogP contribution in [0.2, 0.25) is 0 Å². The largest absolute Gasteiger partial charge is 0.464 e. The summed E-state index contributed by atoms with van der Waals surface area (Å²) in [6.07, 6.45) is -3.84. The molecule has 1 saturated heterocycles. The Morgan fingerprint density at radius 3 is 2.62 bits per heavy atom. The molecule has 0 aliphatic carbocycles. The maximum absolute atomic E-state index is 12.5. The first-order chi connectivity index (χ1) is 13.9. The molecule has 3 unspecified atom stereocenters. The quantitative estimate of drug-likeness (QED) is 0.395. The molecule has 9 nitrogen and oxygen atoms in total. The summed E-state index contributed by atoms with van der Waals surface area (Å²) in [7, 11) is 0. The fourth-order valence-corrected chi connectivity index (χ4v) is 3.60. The minimum atomic E-state index is -1.46. The Kier molecular flexibility index (Phi) is 5.15. The van der Waals surface area contributed by atoms with E-state index in [2.05, 4.69) is 5.32 Å². The minimum absolute atomic E-state index is 0.308. The predicted molar refractivity (Wildman–Crippen MR) is 102 cm³/mol. The lowest BCUT2D eigenvalue weighted by Gasteiger charge is -2.40. The number of hydrogen-bond donors (Lipinski definition) is 5. The molecule has 1 aliphatic heterocycles. The topological polar surface area (TPSA) is 146 Å².